The highest BCUT2D eigenvalue weighted by Gasteiger charge is 2.35. The molecule has 0 amide bonds. The molecule has 1 aromatic carbocycles. The van der Waals surface area contributed by atoms with E-state index in [0.29, 0.717) is 0 Å². The molecular weight excluding hydrogens is 274 g/mol. The maximum atomic E-state index is 13.9. The van der Waals surface area contributed by atoms with Crippen LogP contribution in [0.5, 0.6) is 0 Å². The summed E-state index contributed by atoms with van der Waals surface area (Å²) in [7, 11) is 0. The van der Waals surface area contributed by atoms with Crippen LogP contribution in [-0.2, 0) is 0 Å². The number of hydrogen-bond acceptors (Lipinski definition) is 2. The zero-order chi connectivity index (χ0) is 14.9. The number of Topliss-reactive ketones (excluding diaryl/α,β-unsaturated/α-hetero) is 1. The molecule has 0 spiro atoms. The van der Waals surface area contributed by atoms with E-state index in [1.807, 2.05) is 0 Å². The highest BCUT2D eigenvalue weighted by atomic mass is 19.4. The van der Waals surface area contributed by atoms with Crippen molar-refractivity contribution in [2.75, 3.05) is 18.0 Å². The molecule has 0 saturated heterocycles. The molecule has 0 aromatic heterocycles. The van der Waals surface area contributed by atoms with Crippen molar-refractivity contribution in [2.45, 2.75) is 19.5 Å². The monoisotopic (exact) mass is 287 g/mol. The lowest BCUT2D eigenvalue weighted by Gasteiger charge is -2.29. The third-order valence-electron chi connectivity index (χ3n) is 3.27. The third-order valence-corrected chi connectivity index (χ3v) is 3.27. The van der Waals surface area contributed by atoms with Gasteiger partial charge in [0, 0.05) is 24.2 Å². The van der Waals surface area contributed by atoms with Gasteiger partial charge >= 0.3 is 6.18 Å². The lowest BCUT2D eigenvalue weighted by molar-refractivity contribution is -0.0944. The maximum Gasteiger partial charge on any atom is 0.412 e. The second-order valence-electron chi connectivity index (χ2n) is 4.65. The van der Waals surface area contributed by atoms with E-state index in [-0.39, 0.29) is 36.5 Å². The molecule has 0 atom stereocenters. The van der Waals surface area contributed by atoms with Crippen molar-refractivity contribution in [1.82, 2.24) is 0 Å². The van der Waals surface area contributed by atoms with Crippen LogP contribution in [0.25, 0.3) is 0 Å². The molecule has 1 aliphatic heterocycles. The predicted octanol–water partition coefficient (Wildman–Crippen LogP) is 3.73. The molecule has 20 heavy (non-hydrogen) atoms. The standard InChI is InChI=1S/C14H13F4NO/c1-9(20)10-2-3-13(12(15)8-10)19-6-4-11(5-7-19)14(16,17)18/h2-4,8H,5-7H2,1H3. The lowest BCUT2D eigenvalue weighted by atomic mass is 10.1. The summed E-state index contributed by atoms with van der Waals surface area (Å²) in [6, 6.07) is 4.02. The molecule has 108 valence electrons. The van der Waals surface area contributed by atoms with Crippen molar-refractivity contribution in [3.8, 4) is 0 Å². The van der Waals surface area contributed by atoms with Gasteiger partial charge in [-0.3, -0.25) is 4.79 Å². The maximum absolute atomic E-state index is 13.9. The van der Waals surface area contributed by atoms with Crippen molar-refractivity contribution < 1.29 is 22.4 Å². The second-order valence-corrected chi connectivity index (χ2v) is 4.65. The van der Waals surface area contributed by atoms with E-state index >= 15 is 0 Å². The van der Waals surface area contributed by atoms with E-state index in [2.05, 4.69) is 0 Å². The van der Waals surface area contributed by atoms with Gasteiger partial charge in [0.05, 0.1) is 5.69 Å². The number of hydrogen-bond donors (Lipinski definition) is 0. The number of rotatable bonds is 2. The number of carbonyl (C=O) groups excluding carboxylic acids is 1. The first-order chi connectivity index (χ1) is 9.29. The van der Waals surface area contributed by atoms with E-state index in [1.165, 1.54) is 24.0 Å². The van der Waals surface area contributed by atoms with Crippen LogP contribution in [0.15, 0.2) is 29.8 Å². The minimum Gasteiger partial charge on any atom is -0.365 e. The van der Waals surface area contributed by atoms with Gasteiger partial charge in [0.2, 0.25) is 0 Å². The summed E-state index contributed by atoms with van der Waals surface area (Å²) < 4.78 is 51.4. The Morgan fingerprint density at radius 2 is 2.00 bits per heavy atom. The second kappa shape index (κ2) is 5.26. The highest BCUT2D eigenvalue weighted by molar-refractivity contribution is 5.94. The molecule has 0 unspecified atom stereocenters. The van der Waals surface area contributed by atoms with Gasteiger partial charge in [-0.25, -0.2) is 4.39 Å². The summed E-state index contributed by atoms with van der Waals surface area (Å²) in [5.74, 6) is -0.852. The van der Waals surface area contributed by atoms with Gasteiger partial charge in [-0.2, -0.15) is 13.2 Å². The highest BCUT2D eigenvalue weighted by Crippen LogP contribution is 2.32. The zero-order valence-corrected chi connectivity index (χ0v) is 10.8. The summed E-state index contributed by atoms with van der Waals surface area (Å²) >= 11 is 0. The van der Waals surface area contributed by atoms with Gasteiger partial charge in [-0.1, -0.05) is 6.08 Å². The van der Waals surface area contributed by atoms with Crippen LogP contribution in [0.2, 0.25) is 0 Å². The quantitative estimate of drug-likeness (QED) is 0.469. The van der Waals surface area contributed by atoms with Crippen LogP contribution in [0, 0.1) is 5.82 Å². The van der Waals surface area contributed by atoms with E-state index in [9.17, 15) is 22.4 Å². The van der Waals surface area contributed by atoms with Crippen molar-refractivity contribution in [1.29, 1.82) is 0 Å². The molecule has 1 aromatic rings. The number of ketones is 1. The first kappa shape index (κ1) is 14.6. The van der Waals surface area contributed by atoms with Gasteiger partial charge in [-0.05, 0) is 31.5 Å². The van der Waals surface area contributed by atoms with Crippen LogP contribution in [0.1, 0.15) is 23.7 Å². The number of carbonyl (C=O) groups is 1. The van der Waals surface area contributed by atoms with Gasteiger partial charge in [0.1, 0.15) is 5.82 Å². The number of alkyl halides is 3. The molecule has 1 aliphatic rings. The fourth-order valence-corrected chi connectivity index (χ4v) is 2.13. The molecule has 0 bridgehead atoms. The minimum atomic E-state index is -4.32. The smallest absolute Gasteiger partial charge is 0.365 e. The van der Waals surface area contributed by atoms with Crippen LogP contribution in [0.3, 0.4) is 0 Å². The minimum absolute atomic E-state index is 0.00514. The van der Waals surface area contributed by atoms with Crippen molar-refractivity contribution >= 4 is 11.5 Å². The van der Waals surface area contributed by atoms with Gasteiger partial charge in [0.15, 0.2) is 5.78 Å². The summed E-state index contributed by atoms with van der Waals surface area (Å²) in [6.07, 6.45) is -3.41. The van der Waals surface area contributed by atoms with Crippen LogP contribution in [0.4, 0.5) is 23.2 Å². The molecule has 0 N–H and O–H groups in total. The average molecular weight is 287 g/mol. The van der Waals surface area contributed by atoms with E-state index in [4.69, 9.17) is 0 Å². The molecule has 1 heterocycles. The van der Waals surface area contributed by atoms with Crippen molar-refractivity contribution in [3.05, 3.63) is 41.2 Å². The Hall–Kier alpha value is -1.85. The fraction of sp³-hybridized carbons (Fsp3) is 0.357. The van der Waals surface area contributed by atoms with Gasteiger partial charge < -0.3 is 4.90 Å². The molecule has 2 nitrogen and oxygen atoms in total. The van der Waals surface area contributed by atoms with E-state index in [1.54, 1.807) is 0 Å². The largest absolute Gasteiger partial charge is 0.412 e. The molecule has 0 saturated carbocycles. The molecule has 0 aliphatic carbocycles. The molecular formula is C14H13F4NO. The number of anilines is 1. The molecule has 6 heteroatoms. The zero-order valence-electron chi connectivity index (χ0n) is 10.8. The SMILES string of the molecule is CC(=O)c1ccc(N2CC=C(C(F)(F)F)CC2)c(F)c1. The first-order valence-corrected chi connectivity index (χ1v) is 6.10. The Kier molecular flexibility index (Phi) is 3.83. The Bertz CT molecular complexity index is 563. The van der Waals surface area contributed by atoms with Crippen LogP contribution < -0.4 is 4.90 Å². The molecule has 0 fully saturated rings. The first-order valence-electron chi connectivity index (χ1n) is 6.10. The number of nitrogens with zero attached hydrogens (tertiary/aromatic N) is 1. The third kappa shape index (κ3) is 3.00. The number of halogens is 4. The predicted molar refractivity (Wildman–Crippen MR) is 67.4 cm³/mol. The summed E-state index contributed by atoms with van der Waals surface area (Å²) in [5, 5.41) is 0. The summed E-state index contributed by atoms with van der Waals surface area (Å²) in [5.41, 5.74) is -0.114. The van der Waals surface area contributed by atoms with E-state index in [0.717, 1.165) is 12.1 Å². The topological polar surface area (TPSA) is 20.3 Å². The van der Waals surface area contributed by atoms with Crippen molar-refractivity contribution in [3.63, 3.8) is 0 Å². The average Bonchev–Trinajstić information content (AvgIpc) is 2.37. The molecule has 0 radical (unpaired) electrons. The fourth-order valence-electron chi connectivity index (χ4n) is 2.13. The summed E-state index contributed by atoms with van der Waals surface area (Å²) in [4.78, 5) is 12.6. The van der Waals surface area contributed by atoms with Gasteiger partial charge in [-0.15, -0.1) is 0 Å². The number of benzene rings is 1. The Labute approximate surface area is 113 Å². The van der Waals surface area contributed by atoms with Crippen molar-refractivity contribution in [2.24, 2.45) is 0 Å². The van der Waals surface area contributed by atoms with Crippen LogP contribution >= 0.6 is 0 Å². The van der Waals surface area contributed by atoms with E-state index < -0.39 is 17.6 Å². The van der Waals surface area contributed by atoms with Crippen LogP contribution in [-0.4, -0.2) is 25.0 Å². The van der Waals surface area contributed by atoms with Gasteiger partial charge in [0.25, 0.3) is 0 Å². The summed E-state index contributed by atoms with van der Waals surface area (Å²) in [6.45, 7) is 1.43. The Balaban J connectivity index is 2.19. The molecule has 2 rings (SSSR count). The normalized spacial score (nSPS) is 16.1. The lowest BCUT2D eigenvalue weighted by Crippen LogP contribution is -2.32. The Morgan fingerprint density at radius 3 is 2.45 bits per heavy atom. The Morgan fingerprint density at radius 1 is 1.30 bits per heavy atom.